The number of nitrogens with one attached hydrogen (secondary N) is 2. The van der Waals surface area contributed by atoms with Gasteiger partial charge in [0.15, 0.2) is 0 Å². The third-order valence-electron chi connectivity index (χ3n) is 1.93. The first-order valence-corrected chi connectivity index (χ1v) is 5.25. The second-order valence-corrected chi connectivity index (χ2v) is 4.63. The normalized spacial score (nSPS) is 17.4. The van der Waals surface area contributed by atoms with Crippen LogP contribution >= 0.6 is 0 Å². The van der Waals surface area contributed by atoms with Crippen LogP contribution in [0.15, 0.2) is 0 Å². The van der Waals surface area contributed by atoms with Crippen LogP contribution in [0, 0.1) is 0 Å². The SMILES string of the molecule is CC(C)(C)NN(CCN)N1CCNC1=O. The number of hydrogen-bond acceptors (Lipinski definition) is 4. The lowest BCUT2D eigenvalue weighted by Gasteiger charge is -2.36. The summed E-state index contributed by atoms with van der Waals surface area (Å²) in [5.74, 6) is 0. The van der Waals surface area contributed by atoms with Crippen molar-refractivity contribution in [3.63, 3.8) is 0 Å². The first-order chi connectivity index (χ1) is 6.94. The van der Waals surface area contributed by atoms with Gasteiger partial charge in [0, 0.05) is 25.2 Å². The number of carbonyl (C=O) groups excluding carboxylic acids is 1. The van der Waals surface area contributed by atoms with E-state index in [2.05, 4.69) is 10.7 Å². The van der Waals surface area contributed by atoms with Crippen LogP contribution in [0.1, 0.15) is 20.8 Å². The highest BCUT2D eigenvalue weighted by atomic mass is 16.2. The molecule has 0 unspecified atom stereocenters. The van der Waals surface area contributed by atoms with Gasteiger partial charge in [-0.2, -0.15) is 5.12 Å². The first-order valence-electron chi connectivity index (χ1n) is 5.25. The Balaban J connectivity index is 2.60. The summed E-state index contributed by atoms with van der Waals surface area (Å²) in [7, 11) is 0. The highest BCUT2D eigenvalue weighted by Gasteiger charge is 2.27. The van der Waals surface area contributed by atoms with Gasteiger partial charge in [0.1, 0.15) is 0 Å². The zero-order valence-electron chi connectivity index (χ0n) is 9.71. The highest BCUT2D eigenvalue weighted by Crippen LogP contribution is 2.06. The van der Waals surface area contributed by atoms with E-state index in [1.165, 1.54) is 0 Å². The highest BCUT2D eigenvalue weighted by molar-refractivity contribution is 5.75. The fourth-order valence-corrected chi connectivity index (χ4v) is 1.44. The maximum absolute atomic E-state index is 11.5. The summed E-state index contributed by atoms with van der Waals surface area (Å²) in [6.07, 6.45) is 0. The Kier molecular flexibility index (Phi) is 3.90. The third-order valence-corrected chi connectivity index (χ3v) is 1.93. The molecule has 0 bridgehead atoms. The molecule has 6 nitrogen and oxygen atoms in total. The molecule has 4 N–H and O–H groups in total. The standard InChI is InChI=1S/C9H21N5O/c1-9(2,3)12-14(6-4-10)13-7-5-11-8(13)15/h12H,4-7,10H2,1-3H3,(H,11,15). The number of carbonyl (C=O) groups is 1. The van der Waals surface area contributed by atoms with Gasteiger partial charge in [-0.3, -0.25) is 0 Å². The molecular weight excluding hydrogens is 194 g/mol. The van der Waals surface area contributed by atoms with Crippen molar-refractivity contribution in [2.45, 2.75) is 26.3 Å². The second kappa shape index (κ2) is 4.78. The molecule has 0 aromatic carbocycles. The van der Waals surface area contributed by atoms with Crippen molar-refractivity contribution in [3.05, 3.63) is 0 Å². The zero-order valence-corrected chi connectivity index (χ0v) is 9.71. The number of hydrogen-bond donors (Lipinski definition) is 3. The van der Waals surface area contributed by atoms with Crippen LogP contribution in [-0.2, 0) is 0 Å². The minimum Gasteiger partial charge on any atom is -0.335 e. The molecule has 0 atom stereocenters. The quantitative estimate of drug-likeness (QED) is 0.552. The molecule has 2 amide bonds. The molecule has 0 aromatic heterocycles. The van der Waals surface area contributed by atoms with E-state index in [9.17, 15) is 4.79 Å². The largest absolute Gasteiger partial charge is 0.335 e. The van der Waals surface area contributed by atoms with Crippen LogP contribution in [-0.4, -0.2) is 47.9 Å². The fourth-order valence-electron chi connectivity index (χ4n) is 1.44. The Labute approximate surface area is 90.7 Å². The predicted octanol–water partition coefficient (Wildman–Crippen LogP) is -0.510. The van der Waals surface area contributed by atoms with Gasteiger partial charge in [-0.15, -0.1) is 0 Å². The second-order valence-electron chi connectivity index (χ2n) is 4.63. The molecule has 1 heterocycles. The van der Waals surface area contributed by atoms with Crippen molar-refractivity contribution in [1.82, 2.24) is 20.9 Å². The smallest absolute Gasteiger partial charge is 0.333 e. The maximum atomic E-state index is 11.5. The van der Waals surface area contributed by atoms with Crippen LogP contribution in [0.5, 0.6) is 0 Å². The molecule has 1 aliphatic heterocycles. The molecular formula is C9H21N5O. The Morgan fingerprint density at radius 1 is 1.60 bits per heavy atom. The van der Waals surface area contributed by atoms with Gasteiger partial charge >= 0.3 is 6.03 Å². The van der Waals surface area contributed by atoms with E-state index in [-0.39, 0.29) is 11.6 Å². The number of amides is 2. The lowest BCUT2D eigenvalue weighted by Crippen LogP contribution is -2.59. The molecule has 0 spiro atoms. The lowest BCUT2D eigenvalue weighted by molar-refractivity contribution is -0.0406. The van der Waals surface area contributed by atoms with Crippen molar-refractivity contribution in [2.24, 2.45) is 5.73 Å². The van der Waals surface area contributed by atoms with E-state index in [0.29, 0.717) is 26.2 Å². The van der Waals surface area contributed by atoms with Crippen LogP contribution in [0.4, 0.5) is 4.79 Å². The van der Waals surface area contributed by atoms with Crippen LogP contribution in [0.25, 0.3) is 0 Å². The van der Waals surface area contributed by atoms with Crippen molar-refractivity contribution in [1.29, 1.82) is 0 Å². The van der Waals surface area contributed by atoms with Crippen molar-refractivity contribution in [2.75, 3.05) is 26.2 Å². The Hall–Kier alpha value is -0.850. The minimum absolute atomic E-state index is 0.0693. The van der Waals surface area contributed by atoms with E-state index in [1.807, 2.05) is 20.8 Å². The van der Waals surface area contributed by atoms with Crippen molar-refractivity contribution in [3.8, 4) is 0 Å². The monoisotopic (exact) mass is 215 g/mol. The summed E-state index contributed by atoms with van der Waals surface area (Å²) in [4.78, 5) is 11.5. The summed E-state index contributed by atoms with van der Waals surface area (Å²) in [6.45, 7) is 8.63. The van der Waals surface area contributed by atoms with Crippen LogP contribution in [0.3, 0.4) is 0 Å². The van der Waals surface area contributed by atoms with E-state index in [0.717, 1.165) is 0 Å². The average molecular weight is 215 g/mol. The van der Waals surface area contributed by atoms with Gasteiger partial charge in [-0.25, -0.2) is 15.2 Å². The molecule has 15 heavy (non-hydrogen) atoms. The molecule has 0 radical (unpaired) electrons. The Morgan fingerprint density at radius 3 is 2.67 bits per heavy atom. The minimum atomic E-state index is -0.0853. The van der Waals surface area contributed by atoms with Crippen LogP contribution < -0.4 is 16.5 Å². The van der Waals surface area contributed by atoms with Crippen LogP contribution in [0.2, 0.25) is 0 Å². The molecule has 0 aliphatic carbocycles. The van der Waals surface area contributed by atoms with E-state index in [4.69, 9.17) is 5.73 Å². The van der Waals surface area contributed by atoms with Gasteiger partial charge in [-0.1, -0.05) is 0 Å². The molecule has 1 fully saturated rings. The van der Waals surface area contributed by atoms with Gasteiger partial charge in [-0.05, 0) is 20.8 Å². The Bertz CT molecular complexity index is 225. The molecule has 0 aromatic rings. The molecule has 0 saturated carbocycles. The Morgan fingerprint density at radius 2 is 2.27 bits per heavy atom. The molecule has 1 rings (SSSR count). The number of urea groups is 1. The summed E-state index contributed by atoms with van der Waals surface area (Å²) >= 11 is 0. The summed E-state index contributed by atoms with van der Waals surface area (Å²) in [5.41, 5.74) is 8.68. The van der Waals surface area contributed by atoms with E-state index >= 15 is 0 Å². The topological polar surface area (TPSA) is 73.6 Å². The summed E-state index contributed by atoms with van der Waals surface area (Å²) in [6, 6.07) is -0.0693. The van der Waals surface area contributed by atoms with Gasteiger partial charge < -0.3 is 11.1 Å². The van der Waals surface area contributed by atoms with E-state index < -0.39 is 0 Å². The summed E-state index contributed by atoms with van der Waals surface area (Å²) in [5, 5.41) is 6.20. The number of nitrogens with two attached hydrogens (primary N) is 1. The van der Waals surface area contributed by atoms with Gasteiger partial charge in [0.2, 0.25) is 0 Å². The summed E-state index contributed by atoms with van der Waals surface area (Å²) < 4.78 is 0. The van der Waals surface area contributed by atoms with Crippen molar-refractivity contribution < 1.29 is 4.79 Å². The fraction of sp³-hybridized carbons (Fsp3) is 0.889. The third kappa shape index (κ3) is 3.65. The zero-order chi connectivity index (χ0) is 11.5. The lowest BCUT2D eigenvalue weighted by atomic mass is 10.1. The maximum Gasteiger partial charge on any atom is 0.333 e. The first kappa shape index (κ1) is 12.2. The molecule has 1 saturated heterocycles. The molecule has 1 aliphatic rings. The number of rotatable bonds is 4. The van der Waals surface area contributed by atoms with Crippen molar-refractivity contribution >= 4 is 6.03 Å². The number of nitrogens with zero attached hydrogens (tertiary/aromatic N) is 2. The molecule has 6 heteroatoms. The average Bonchev–Trinajstić information content (AvgIpc) is 2.48. The molecule has 88 valence electrons. The predicted molar refractivity (Wildman–Crippen MR) is 58.8 cm³/mol. The van der Waals surface area contributed by atoms with Gasteiger partial charge in [0.25, 0.3) is 0 Å². The number of hydrazine groups is 2. The van der Waals surface area contributed by atoms with E-state index in [1.54, 1.807) is 10.1 Å². The van der Waals surface area contributed by atoms with Gasteiger partial charge in [0.05, 0.1) is 6.54 Å².